The molecule has 0 aliphatic rings. The molecule has 0 unspecified atom stereocenters. The largest absolute Gasteiger partial charge is 0.454 e. The van der Waals surface area contributed by atoms with E-state index in [1.54, 1.807) is 19.1 Å². The summed E-state index contributed by atoms with van der Waals surface area (Å²) in [4.78, 5) is 11.5. The molecule has 3 aromatic rings. The molecule has 0 fully saturated rings. The third-order valence-electron chi connectivity index (χ3n) is 4.22. The first-order valence-electron chi connectivity index (χ1n) is 8.19. The van der Waals surface area contributed by atoms with Gasteiger partial charge in [0, 0.05) is 19.0 Å². The Bertz CT molecular complexity index is 1130. The molecule has 0 amide bonds. The summed E-state index contributed by atoms with van der Waals surface area (Å²) >= 11 is 0. The van der Waals surface area contributed by atoms with E-state index in [0.717, 1.165) is 12.1 Å². The van der Waals surface area contributed by atoms with Crippen molar-refractivity contribution >= 4 is 0 Å². The number of nitrogens with zero attached hydrogens (tertiary/aromatic N) is 3. The van der Waals surface area contributed by atoms with Gasteiger partial charge in [-0.1, -0.05) is 12.1 Å². The fraction of sp³-hybridized carbons (Fsp3) is 0.211. The van der Waals surface area contributed by atoms with Crippen LogP contribution < -0.4 is 10.4 Å². The van der Waals surface area contributed by atoms with Crippen LogP contribution in [0.3, 0.4) is 0 Å². The van der Waals surface area contributed by atoms with E-state index in [9.17, 15) is 13.6 Å². The van der Waals surface area contributed by atoms with Crippen molar-refractivity contribution in [2.45, 2.75) is 19.8 Å². The highest BCUT2D eigenvalue weighted by atomic mass is 19.3. The van der Waals surface area contributed by atoms with Gasteiger partial charge in [0.05, 0.1) is 11.6 Å². The smallest absolute Gasteiger partial charge is 0.343 e. The second-order valence-corrected chi connectivity index (χ2v) is 6.17. The molecule has 0 saturated heterocycles. The Labute approximate surface area is 157 Å². The van der Waals surface area contributed by atoms with Crippen molar-refractivity contribution < 1.29 is 17.9 Å². The lowest BCUT2D eigenvalue weighted by molar-refractivity contribution is 0.151. The molecule has 1 heterocycles. The standard InChI is InChI=1S/C19H15F3N4O2/c1-10-3-4-12(8-15-24-25-19(27)26(15)2)16(20)17(10)28-14-6-11(9-23)5-13(7-14)18(21)22/h3-7,18H,8H2,1-2H3,(H,25,27). The number of H-pyrrole nitrogens is 1. The third kappa shape index (κ3) is 3.76. The fourth-order valence-electron chi connectivity index (χ4n) is 2.65. The van der Waals surface area contributed by atoms with Gasteiger partial charge in [0.25, 0.3) is 6.43 Å². The average Bonchev–Trinajstić information content (AvgIpc) is 2.99. The molecule has 1 aromatic heterocycles. The Balaban J connectivity index is 1.99. The second kappa shape index (κ2) is 7.60. The Morgan fingerprint density at radius 2 is 2.07 bits per heavy atom. The minimum Gasteiger partial charge on any atom is -0.454 e. The number of alkyl halides is 2. The maximum absolute atomic E-state index is 15.0. The Morgan fingerprint density at radius 1 is 1.32 bits per heavy atom. The number of benzene rings is 2. The van der Waals surface area contributed by atoms with E-state index in [-0.39, 0.29) is 29.0 Å². The monoisotopic (exact) mass is 388 g/mol. The van der Waals surface area contributed by atoms with Crippen LogP contribution in [0.4, 0.5) is 13.2 Å². The van der Waals surface area contributed by atoms with Gasteiger partial charge in [-0.15, -0.1) is 0 Å². The van der Waals surface area contributed by atoms with E-state index in [0.29, 0.717) is 11.4 Å². The van der Waals surface area contributed by atoms with Gasteiger partial charge in [0.2, 0.25) is 0 Å². The van der Waals surface area contributed by atoms with Gasteiger partial charge in [-0.05, 0) is 36.2 Å². The van der Waals surface area contributed by atoms with Crippen molar-refractivity contribution in [1.29, 1.82) is 5.26 Å². The third-order valence-corrected chi connectivity index (χ3v) is 4.22. The molecule has 0 aliphatic heterocycles. The molecule has 0 aliphatic carbocycles. The lowest BCUT2D eigenvalue weighted by atomic mass is 10.1. The summed E-state index contributed by atoms with van der Waals surface area (Å²) in [6.45, 7) is 1.61. The maximum atomic E-state index is 15.0. The number of nitrogens with one attached hydrogen (secondary N) is 1. The van der Waals surface area contributed by atoms with Crippen molar-refractivity contribution in [2.24, 2.45) is 7.05 Å². The topological polar surface area (TPSA) is 83.7 Å². The minimum atomic E-state index is -2.80. The molecule has 0 radical (unpaired) electrons. The molecule has 0 atom stereocenters. The van der Waals surface area contributed by atoms with Crippen LogP contribution in [0, 0.1) is 24.1 Å². The lowest BCUT2D eigenvalue weighted by Gasteiger charge is -2.14. The summed E-state index contributed by atoms with van der Waals surface area (Å²) in [5, 5.41) is 15.1. The number of ether oxygens (including phenoxy) is 1. The van der Waals surface area contributed by atoms with Crippen LogP contribution in [0.5, 0.6) is 11.5 Å². The number of hydrogen-bond acceptors (Lipinski definition) is 4. The van der Waals surface area contributed by atoms with Crippen LogP contribution in [0.2, 0.25) is 0 Å². The number of hydrogen-bond donors (Lipinski definition) is 1. The summed E-state index contributed by atoms with van der Waals surface area (Å²) < 4.78 is 47.9. The molecule has 0 spiro atoms. The number of halogens is 3. The van der Waals surface area contributed by atoms with E-state index in [1.165, 1.54) is 23.7 Å². The van der Waals surface area contributed by atoms with E-state index in [2.05, 4.69) is 10.2 Å². The van der Waals surface area contributed by atoms with Gasteiger partial charge in [-0.3, -0.25) is 4.57 Å². The van der Waals surface area contributed by atoms with Gasteiger partial charge in [-0.25, -0.2) is 23.1 Å². The Kier molecular flexibility index (Phi) is 5.22. The van der Waals surface area contributed by atoms with Crippen molar-refractivity contribution in [1.82, 2.24) is 14.8 Å². The number of aromatic nitrogens is 3. The van der Waals surface area contributed by atoms with Crippen LogP contribution in [0.15, 0.2) is 35.1 Å². The van der Waals surface area contributed by atoms with E-state index in [1.807, 2.05) is 0 Å². The predicted molar refractivity (Wildman–Crippen MR) is 94.0 cm³/mol. The summed E-state index contributed by atoms with van der Waals surface area (Å²) in [5.41, 5.74) is -0.179. The van der Waals surface area contributed by atoms with Gasteiger partial charge < -0.3 is 4.74 Å². The molecule has 2 aromatic carbocycles. The molecule has 28 heavy (non-hydrogen) atoms. The lowest BCUT2D eigenvalue weighted by Crippen LogP contribution is -2.15. The molecule has 9 heteroatoms. The Morgan fingerprint density at radius 3 is 2.68 bits per heavy atom. The van der Waals surface area contributed by atoms with Crippen molar-refractivity contribution in [3.8, 4) is 17.6 Å². The molecule has 0 saturated carbocycles. The highest BCUT2D eigenvalue weighted by Gasteiger charge is 2.18. The first-order chi connectivity index (χ1) is 13.3. The predicted octanol–water partition coefficient (Wildman–Crippen LogP) is 3.75. The van der Waals surface area contributed by atoms with Crippen LogP contribution >= 0.6 is 0 Å². The zero-order chi connectivity index (χ0) is 20.4. The van der Waals surface area contributed by atoms with E-state index < -0.39 is 23.5 Å². The summed E-state index contributed by atoms with van der Waals surface area (Å²) in [6.07, 6.45) is -2.77. The first kappa shape index (κ1) is 19.2. The zero-order valence-electron chi connectivity index (χ0n) is 15.0. The van der Waals surface area contributed by atoms with Gasteiger partial charge in [0.15, 0.2) is 11.6 Å². The summed E-state index contributed by atoms with van der Waals surface area (Å²) in [5.74, 6) is -0.587. The number of aryl methyl sites for hydroxylation is 1. The first-order valence-corrected chi connectivity index (χ1v) is 8.19. The Hall–Kier alpha value is -3.54. The van der Waals surface area contributed by atoms with Crippen molar-refractivity contribution in [3.63, 3.8) is 0 Å². The van der Waals surface area contributed by atoms with Gasteiger partial charge >= 0.3 is 5.69 Å². The van der Waals surface area contributed by atoms with Gasteiger partial charge in [-0.2, -0.15) is 10.4 Å². The van der Waals surface area contributed by atoms with Gasteiger partial charge in [0.1, 0.15) is 11.6 Å². The van der Waals surface area contributed by atoms with Crippen molar-refractivity contribution in [2.75, 3.05) is 0 Å². The fourth-order valence-corrected chi connectivity index (χ4v) is 2.65. The molecule has 6 nitrogen and oxygen atoms in total. The van der Waals surface area contributed by atoms with Crippen LogP contribution in [-0.4, -0.2) is 14.8 Å². The number of aromatic amines is 1. The molecule has 1 N–H and O–H groups in total. The van der Waals surface area contributed by atoms with Crippen LogP contribution in [0.25, 0.3) is 0 Å². The van der Waals surface area contributed by atoms with E-state index >= 15 is 4.39 Å². The van der Waals surface area contributed by atoms with Crippen molar-refractivity contribution in [3.05, 3.63) is 74.7 Å². The highest BCUT2D eigenvalue weighted by molar-refractivity contribution is 5.46. The quantitative estimate of drug-likeness (QED) is 0.722. The molecular formula is C19H15F3N4O2. The molecule has 3 rings (SSSR count). The number of rotatable bonds is 5. The van der Waals surface area contributed by atoms with Crippen LogP contribution in [-0.2, 0) is 13.5 Å². The normalized spacial score (nSPS) is 10.9. The summed E-state index contributed by atoms with van der Waals surface area (Å²) in [6, 6.07) is 8.30. The SMILES string of the molecule is Cc1ccc(Cc2n[nH]c(=O)n2C)c(F)c1Oc1cc(C#N)cc(C(F)F)c1. The van der Waals surface area contributed by atoms with Crippen LogP contribution in [0.1, 0.15) is 34.5 Å². The maximum Gasteiger partial charge on any atom is 0.343 e. The molecular weight excluding hydrogens is 373 g/mol. The second-order valence-electron chi connectivity index (χ2n) is 6.17. The molecule has 0 bridgehead atoms. The highest BCUT2D eigenvalue weighted by Crippen LogP contribution is 2.33. The zero-order valence-corrected chi connectivity index (χ0v) is 15.0. The summed E-state index contributed by atoms with van der Waals surface area (Å²) in [7, 11) is 1.50. The molecule has 144 valence electrons. The average molecular weight is 388 g/mol. The van der Waals surface area contributed by atoms with E-state index in [4.69, 9.17) is 10.00 Å². The number of nitriles is 1. The minimum absolute atomic E-state index is 0.0199.